The molecule has 150 valence electrons. The van der Waals surface area contributed by atoms with Crippen molar-refractivity contribution < 1.29 is 4.79 Å². The molecule has 0 aliphatic heterocycles. The largest absolute Gasteiger partial charge is 0.321 e. The van der Waals surface area contributed by atoms with Crippen molar-refractivity contribution in [2.45, 2.75) is 0 Å². The smallest absolute Gasteiger partial charge is 0.276 e. The van der Waals surface area contributed by atoms with Crippen LogP contribution in [0, 0.1) is 0 Å². The number of anilines is 1. The van der Waals surface area contributed by atoms with Crippen molar-refractivity contribution in [3.05, 3.63) is 113 Å². The number of fused-ring (bicyclic) bond motifs is 1. The van der Waals surface area contributed by atoms with Gasteiger partial charge in [-0.15, -0.1) is 0 Å². The topological polar surface area (TPSA) is 46.9 Å². The molecule has 1 heterocycles. The maximum Gasteiger partial charge on any atom is 0.276 e. The molecule has 1 aromatic heterocycles. The molecule has 0 spiro atoms. The Kier molecular flexibility index (Phi) is 5.10. The van der Waals surface area contributed by atoms with Gasteiger partial charge in [-0.25, -0.2) is 4.68 Å². The van der Waals surface area contributed by atoms with E-state index in [1.54, 1.807) is 0 Å². The summed E-state index contributed by atoms with van der Waals surface area (Å²) in [7, 11) is 0. The van der Waals surface area contributed by atoms with Gasteiger partial charge >= 0.3 is 0 Å². The van der Waals surface area contributed by atoms with E-state index in [2.05, 4.69) is 56.7 Å². The first-order valence-electron chi connectivity index (χ1n) is 9.89. The van der Waals surface area contributed by atoms with Gasteiger partial charge in [0, 0.05) is 15.7 Å². The Morgan fingerprint density at radius 3 is 2.35 bits per heavy atom. The molecule has 5 rings (SSSR count). The van der Waals surface area contributed by atoms with Crippen LogP contribution in [0.2, 0.25) is 0 Å². The highest BCUT2D eigenvalue weighted by Crippen LogP contribution is 2.28. The molecule has 5 aromatic rings. The van der Waals surface area contributed by atoms with Gasteiger partial charge in [0.1, 0.15) is 0 Å². The lowest BCUT2D eigenvalue weighted by Crippen LogP contribution is -2.13. The molecule has 0 unspecified atom stereocenters. The standard InChI is InChI=1S/C26H18BrN3O/c27-21-9-6-10-22(16-21)28-26(31)24-17-25(30(29-24)23-11-2-1-3-12-23)20-14-13-18-7-4-5-8-19(18)15-20/h1-17H,(H,28,31). The first-order chi connectivity index (χ1) is 15.2. The summed E-state index contributed by atoms with van der Waals surface area (Å²) in [6, 6.07) is 33.7. The molecule has 0 fully saturated rings. The minimum absolute atomic E-state index is 0.255. The number of nitrogens with one attached hydrogen (secondary N) is 1. The number of carbonyl (C=O) groups excluding carboxylic acids is 1. The molecule has 4 aromatic carbocycles. The maximum absolute atomic E-state index is 13.0. The van der Waals surface area contributed by atoms with E-state index in [4.69, 9.17) is 0 Å². The van der Waals surface area contributed by atoms with Gasteiger partial charge in [0.05, 0.1) is 11.4 Å². The van der Waals surface area contributed by atoms with Crippen molar-refractivity contribution in [3.8, 4) is 16.9 Å². The SMILES string of the molecule is O=C(Nc1cccc(Br)c1)c1cc(-c2ccc3ccccc3c2)n(-c2ccccc2)n1. The van der Waals surface area contributed by atoms with Crippen LogP contribution in [-0.4, -0.2) is 15.7 Å². The quantitative estimate of drug-likeness (QED) is 0.319. The van der Waals surface area contributed by atoms with Crippen LogP contribution < -0.4 is 5.32 Å². The van der Waals surface area contributed by atoms with Crippen LogP contribution >= 0.6 is 15.9 Å². The normalized spacial score (nSPS) is 10.9. The molecule has 1 amide bonds. The van der Waals surface area contributed by atoms with Crippen molar-refractivity contribution >= 4 is 38.3 Å². The lowest BCUT2D eigenvalue weighted by molar-refractivity contribution is 0.102. The van der Waals surface area contributed by atoms with Gasteiger partial charge < -0.3 is 5.32 Å². The van der Waals surface area contributed by atoms with Crippen molar-refractivity contribution in [1.29, 1.82) is 0 Å². The van der Waals surface area contributed by atoms with Gasteiger partial charge in [0.15, 0.2) is 5.69 Å². The van der Waals surface area contributed by atoms with Crippen LogP contribution in [0.5, 0.6) is 0 Å². The molecule has 0 radical (unpaired) electrons. The highest BCUT2D eigenvalue weighted by Gasteiger charge is 2.17. The average Bonchev–Trinajstić information content (AvgIpc) is 3.25. The van der Waals surface area contributed by atoms with Crippen LogP contribution in [0.3, 0.4) is 0 Å². The lowest BCUT2D eigenvalue weighted by atomic mass is 10.0. The summed E-state index contributed by atoms with van der Waals surface area (Å²) in [6.45, 7) is 0. The van der Waals surface area contributed by atoms with Crippen molar-refractivity contribution in [2.75, 3.05) is 5.32 Å². The molecule has 0 atom stereocenters. The summed E-state index contributed by atoms with van der Waals surface area (Å²) in [5, 5.41) is 9.89. The first kappa shape index (κ1) is 19.3. The van der Waals surface area contributed by atoms with E-state index in [-0.39, 0.29) is 5.91 Å². The van der Waals surface area contributed by atoms with E-state index in [1.807, 2.05) is 77.5 Å². The third kappa shape index (κ3) is 4.00. The second-order valence-electron chi connectivity index (χ2n) is 7.19. The Morgan fingerprint density at radius 2 is 1.55 bits per heavy atom. The number of rotatable bonds is 4. The Morgan fingerprint density at radius 1 is 0.774 bits per heavy atom. The monoisotopic (exact) mass is 467 g/mol. The van der Waals surface area contributed by atoms with Crippen LogP contribution in [0.4, 0.5) is 5.69 Å². The number of hydrogen-bond acceptors (Lipinski definition) is 2. The molecule has 5 heteroatoms. The summed E-state index contributed by atoms with van der Waals surface area (Å²) in [6.07, 6.45) is 0. The third-order valence-corrected chi connectivity index (χ3v) is 5.56. The van der Waals surface area contributed by atoms with Gasteiger partial charge in [-0.2, -0.15) is 5.10 Å². The van der Waals surface area contributed by atoms with E-state index in [9.17, 15) is 4.79 Å². The number of aromatic nitrogens is 2. The van der Waals surface area contributed by atoms with E-state index in [1.165, 1.54) is 5.39 Å². The van der Waals surface area contributed by atoms with Crippen LogP contribution in [0.15, 0.2) is 108 Å². The number of nitrogens with zero attached hydrogens (tertiary/aromatic N) is 2. The van der Waals surface area contributed by atoms with E-state index in [0.717, 1.165) is 26.8 Å². The Hall–Kier alpha value is -3.70. The highest BCUT2D eigenvalue weighted by molar-refractivity contribution is 9.10. The summed E-state index contributed by atoms with van der Waals surface area (Å²) in [5.41, 5.74) is 3.81. The van der Waals surface area contributed by atoms with E-state index in [0.29, 0.717) is 11.4 Å². The fourth-order valence-electron chi connectivity index (χ4n) is 3.57. The molecule has 31 heavy (non-hydrogen) atoms. The molecule has 0 saturated heterocycles. The summed E-state index contributed by atoms with van der Waals surface area (Å²) in [4.78, 5) is 13.0. The average molecular weight is 468 g/mol. The second-order valence-corrected chi connectivity index (χ2v) is 8.10. The minimum atomic E-state index is -0.255. The van der Waals surface area contributed by atoms with Crippen LogP contribution in [0.1, 0.15) is 10.5 Å². The number of hydrogen-bond donors (Lipinski definition) is 1. The van der Waals surface area contributed by atoms with Gasteiger partial charge in [0.25, 0.3) is 5.91 Å². The highest BCUT2D eigenvalue weighted by atomic mass is 79.9. The number of carbonyl (C=O) groups is 1. The van der Waals surface area contributed by atoms with Gasteiger partial charge in [0.2, 0.25) is 0 Å². The fourth-order valence-corrected chi connectivity index (χ4v) is 3.97. The molecular weight excluding hydrogens is 450 g/mol. The summed E-state index contributed by atoms with van der Waals surface area (Å²) < 4.78 is 2.72. The molecule has 0 saturated carbocycles. The first-order valence-corrected chi connectivity index (χ1v) is 10.7. The number of para-hydroxylation sites is 1. The maximum atomic E-state index is 13.0. The number of halogens is 1. The Bertz CT molecular complexity index is 1390. The molecule has 4 nitrogen and oxygen atoms in total. The van der Waals surface area contributed by atoms with Crippen molar-refractivity contribution in [2.24, 2.45) is 0 Å². The van der Waals surface area contributed by atoms with Gasteiger partial charge in [-0.05, 0) is 53.2 Å². The Balaban J connectivity index is 1.59. The zero-order valence-electron chi connectivity index (χ0n) is 16.5. The van der Waals surface area contributed by atoms with Crippen molar-refractivity contribution in [3.63, 3.8) is 0 Å². The number of benzene rings is 4. The van der Waals surface area contributed by atoms with E-state index >= 15 is 0 Å². The molecule has 0 aliphatic carbocycles. The van der Waals surface area contributed by atoms with Gasteiger partial charge in [-0.1, -0.05) is 76.6 Å². The molecule has 1 N–H and O–H groups in total. The minimum Gasteiger partial charge on any atom is -0.321 e. The Labute approximate surface area is 188 Å². The molecular formula is C26H18BrN3O. The zero-order chi connectivity index (χ0) is 21.2. The molecule has 0 aliphatic rings. The fraction of sp³-hybridized carbons (Fsp3) is 0. The third-order valence-electron chi connectivity index (χ3n) is 5.07. The number of amides is 1. The van der Waals surface area contributed by atoms with Crippen LogP contribution in [-0.2, 0) is 0 Å². The molecule has 0 bridgehead atoms. The summed E-state index contributed by atoms with van der Waals surface area (Å²) in [5.74, 6) is -0.255. The van der Waals surface area contributed by atoms with Crippen molar-refractivity contribution in [1.82, 2.24) is 9.78 Å². The predicted octanol–water partition coefficient (Wildman–Crippen LogP) is 6.71. The lowest BCUT2D eigenvalue weighted by Gasteiger charge is -2.08. The van der Waals surface area contributed by atoms with Gasteiger partial charge in [-0.3, -0.25) is 4.79 Å². The summed E-state index contributed by atoms with van der Waals surface area (Å²) >= 11 is 3.43. The zero-order valence-corrected chi connectivity index (χ0v) is 18.1. The predicted molar refractivity (Wildman–Crippen MR) is 129 cm³/mol. The van der Waals surface area contributed by atoms with Crippen LogP contribution in [0.25, 0.3) is 27.7 Å². The second kappa shape index (κ2) is 8.20. The van der Waals surface area contributed by atoms with E-state index < -0.39 is 0 Å².